The molecule has 1 saturated carbocycles. The molecule has 0 saturated heterocycles. The molecule has 0 aromatic heterocycles. The van der Waals surface area contributed by atoms with Crippen LogP contribution in [0.3, 0.4) is 0 Å². The second-order valence-electron chi connectivity index (χ2n) is 4.54. The highest BCUT2D eigenvalue weighted by Gasteiger charge is 2.37. The first-order valence-electron chi connectivity index (χ1n) is 5.72. The Kier molecular flexibility index (Phi) is 3.94. The zero-order chi connectivity index (χ0) is 14.2. The maximum atomic E-state index is 13.4. The minimum Gasteiger partial charge on any atom is -0.379 e. The summed E-state index contributed by atoms with van der Waals surface area (Å²) >= 11 is 1.53. The van der Waals surface area contributed by atoms with Crippen LogP contribution in [0.5, 0.6) is 0 Å². The van der Waals surface area contributed by atoms with Gasteiger partial charge in [-0.05, 0) is 19.1 Å². The van der Waals surface area contributed by atoms with Crippen molar-refractivity contribution in [2.45, 2.75) is 24.0 Å². The van der Waals surface area contributed by atoms with Crippen LogP contribution in [-0.4, -0.2) is 17.5 Å². The van der Waals surface area contributed by atoms with Gasteiger partial charge >= 0.3 is 0 Å². The molecule has 7 heteroatoms. The summed E-state index contributed by atoms with van der Waals surface area (Å²) in [7, 11) is 0. The highest BCUT2D eigenvalue weighted by molar-refractivity contribution is 8.00. The van der Waals surface area contributed by atoms with Crippen molar-refractivity contribution in [1.29, 1.82) is 0 Å². The Labute approximate surface area is 111 Å². The molecule has 1 aromatic rings. The van der Waals surface area contributed by atoms with E-state index in [2.05, 4.69) is 5.32 Å². The van der Waals surface area contributed by atoms with E-state index in [1.54, 1.807) is 0 Å². The Morgan fingerprint density at radius 1 is 0.947 bits per heavy atom. The SMILES string of the molecule is CSC1(CNc2c(F)c(F)c(F)c(F)c2F)CCC1. The van der Waals surface area contributed by atoms with Gasteiger partial charge in [-0.1, -0.05) is 6.42 Å². The lowest BCUT2D eigenvalue weighted by Crippen LogP contribution is -2.40. The van der Waals surface area contributed by atoms with E-state index in [1.807, 2.05) is 6.26 Å². The highest BCUT2D eigenvalue weighted by Crippen LogP contribution is 2.43. The van der Waals surface area contributed by atoms with E-state index in [0.717, 1.165) is 19.3 Å². The lowest BCUT2D eigenvalue weighted by molar-refractivity contribution is 0.370. The number of hydrogen-bond donors (Lipinski definition) is 1. The van der Waals surface area contributed by atoms with Crippen LogP contribution >= 0.6 is 11.8 Å². The summed E-state index contributed by atoms with van der Waals surface area (Å²) in [5, 5.41) is 2.37. The molecule has 0 spiro atoms. The van der Waals surface area contributed by atoms with Gasteiger partial charge in [-0.15, -0.1) is 0 Å². The van der Waals surface area contributed by atoms with Crippen LogP contribution in [-0.2, 0) is 0 Å². The van der Waals surface area contributed by atoms with Crippen molar-refractivity contribution >= 4 is 17.4 Å². The summed E-state index contributed by atoms with van der Waals surface area (Å²) in [6, 6.07) is 0. The molecule has 0 amide bonds. The van der Waals surface area contributed by atoms with E-state index in [0.29, 0.717) is 0 Å². The van der Waals surface area contributed by atoms with Crippen molar-refractivity contribution < 1.29 is 22.0 Å². The quantitative estimate of drug-likeness (QED) is 0.510. The van der Waals surface area contributed by atoms with Gasteiger partial charge in [0.15, 0.2) is 23.3 Å². The predicted molar refractivity (Wildman–Crippen MR) is 64.8 cm³/mol. The Morgan fingerprint density at radius 2 is 1.42 bits per heavy atom. The fraction of sp³-hybridized carbons (Fsp3) is 0.500. The van der Waals surface area contributed by atoms with Crippen molar-refractivity contribution in [3.05, 3.63) is 29.1 Å². The lowest BCUT2D eigenvalue weighted by Gasteiger charge is -2.40. The summed E-state index contributed by atoms with van der Waals surface area (Å²) in [4.78, 5) is 0. The first kappa shape index (κ1) is 14.4. The molecule has 1 fully saturated rings. The third kappa shape index (κ3) is 2.40. The standard InChI is InChI=1S/C12H12F5NS/c1-19-12(3-2-4-12)5-18-11-9(16)7(14)6(13)8(15)10(11)17/h18H,2-5H2,1H3. The molecule has 106 valence electrons. The number of nitrogens with one attached hydrogen (secondary N) is 1. The number of halogens is 5. The van der Waals surface area contributed by atoms with E-state index in [9.17, 15) is 22.0 Å². The Morgan fingerprint density at radius 3 is 1.79 bits per heavy atom. The lowest BCUT2D eigenvalue weighted by atomic mass is 9.84. The highest BCUT2D eigenvalue weighted by atomic mass is 32.2. The molecule has 0 atom stereocenters. The zero-order valence-electron chi connectivity index (χ0n) is 10.1. The molecule has 0 heterocycles. The Hall–Kier alpha value is -0.980. The maximum Gasteiger partial charge on any atom is 0.200 e. The van der Waals surface area contributed by atoms with Gasteiger partial charge in [-0.3, -0.25) is 0 Å². The normalized spacial score (nSPS) is 17.2. The van der Waals surface area contributed by atoms with Crippen LogP contribution in [0.15, 0.2) is 0 Å². The zero-order valence-corrected chi connectivity index (χ0v) is 10.9. The van der Waals surface area contributed by atoms with Crippen LogP contribution in [0.25, 0.3) is 0 Å². The molecule has 1 aliphatic rings. The van der Waals surface area contributed by atoms with Gasteiger partial charge in [0.25, 0.3) is 0 Å². The van der Waals surface area contributed by atoms with Crippen LogP contribution in [0.1, 0.15) is 19.3 Å². The summed E-state index contributed by atoms with van der Waals surface area (Å²) < 4.78 is 65.5. The van der Waals surface area contributed by atoms with Crippen molar-refractivity contribution in [2.75, 3.05) is 18.1 Å². The van der Waals surface area contributed by atoms with Crippen LogP contribution in [0.4, 0.5) is 27.6 Å². The van der Waals surface area contributed by atoms with Crippen LogP contribution < -0.4 is 5.32 Å². The summed E-state index contributed by atoms with van der Waals surface area (Å²) in [6.45, 7) is 0.173. The second-order valence-corrected chi connectivity index (χ2v) is 5.81. The second kappa shape index (κ2) is 5.19. The molecule has 19 heavy (non-hydrogen) atoms. The maximum absolute atomic E-state index is 13.4. The van der Waals surface area contributed by atoms with Crippen molar-refractivity contribution in [3.63, 3.8) is 0 Å². The summed E-state index contributed by atoms with van der Waals surface area (Å²) in [5.74, 6) is -9.61. The van der Waals surface area contributed by atoms with Gasteiger partial charge in [0.05, 0.1) is 0 Å². The van der Waals surface area contributed by atoms with E-state index in [4.69, 9.17) is 0 Å². The van der Waals surface area contributed by atoms with Gasteiger partial charge in [0, 0.05) is 11.3 Å². The van der Waals surface area contributed by atoms with Crippen LogP contribution in [0, 0.1) is 29.1 Å². The predicted octanol–water partition coefficient (Wildman–Crippen LogP) is 4.08. The number of thioether (sulfide) groups is 1. The van der Waals surface area contributed by atoms with Crippen LogP contribution in [0.2, 0.25) is 0 Å². The average molecular weight is 297 g/mol. The topological polar surface area (TPSA) is 12.0 Å². The van der Waals surface area contributed by atoms with E-state index in [-0.39, 0.29) is 11.3 Å². The minimum atomic E-state index is -2.14. The van der Waals surface area contributed by atoms with E-state index in [1.165, 1.54) is 11.8 Å². The fourth-order valence-corrected chi connectivity index (χ4v) is 2.95. The largest absolute Gasteiger partial charge is 0.379 e. The molecule has 0 radical (unpaired) electrons. The molecular weight excluding hydrogens is 285 g/mol. The number of hydrogen-bond acceptors (Lipinski definition) is 2. The number of rotatable bonds is 4. The Balaban J connectivity index is 2.25. The van der Waals surface area contributed by atoms with E-state index >= 15 is 0 Å². The molecule has 2 rings (SSSR count). The fourth-order valence-electron chi connectivity index (χ4n) is 2.03. The molecule has 1 nitrogen and oxygen atoms in total. The Bertz CT molecular complexity index is 467. The van der Waals surface area contributed by atoms with Gasteiger partial charge in [-0.25, -0.2) is 22.0 Å². The molecule has 0 aliphatic heterocycles. The molecule has 1 aromatic carbocycles. The molecular formula is C12H12F5NS. The van der Waals surface area contributed by atoms with E-state index < -0.39 is 34.8 Å². The van der Waals surface area contributed by atoms with Crippen molar-refractivity contribution in [3.8, 4) is 0 Å². The monoisotopic (exact) mass is 297 g/mol. The molecule has 1 aliphatic carbocycles. The van der Waals surface area contributed by atoms with Gasteiger partial charge in [-0.2, -0.15) is 11.8 Å². The third-order valence-corrected chi connectivity index (χ3v) is 4.91. The molecule has 0 bridgehead atoms. The number of anilines is 1. The summed E-state index contributed by atoms with van der Waals surface area (Å²) in [6.07, 6.45) is 4.58. The number of benzene rings is 1. The smallest absolute Gasteiger partial charge is 0.200 e. The third-order valence-electron chi connectivity index (χ3n) is 3.49. The minimum absolute atomic E-state index is 0.173. The average Bonchev–Trinajstić information content (AvgIpc) is 2.36. The van der Waals surface area contributed by atoms with Crippen molar-refractivity contribution in [2.24, 2.45) is 0 Å². The molecule has 0 unspecified atom stereocenters. The summed E-state index contributed by atoms with van der Waals surface area (Å²) in [5.41, 5.74) is -0.947. The van der Waals surface area contributed by atoms with Gasteiger partial charge in [0.2, 0.25) is 5.82 Å². The van der Waals surface area contributed by atoms with Gasteiger partial charge in [0.1, 0.15) is 5.69 Å². The molecule has 1 N–H and O–H groups in total. The first-order chi connectivity index (χ1) is 8.92. The van der Waals surface area contributed by atoms with Crippen molar-refractivity contribution in [1.82, 2.24) is 0 Å². The first-order valence-corrected chi connectivity index (χ1v) is 6.95. The van der Waals surface area contributed by atoms with Gasteiger partial charge < -0.3 is 5.32 Å².